The first-order chi connectivity index (χ1) is 10.4. The van der Waals surface area contributed by atoms with Gasteiger partial charge in [-0.15, -0.1) is 0 Å². The van der Waals surface area contributed by atoms with Crippen molar-refractivity contribution < 1.29 is 24.3 Å². The first-order valence-corrected chi connectivity index (χ1v) is 6.59. The van der Waals surface area contributed by atoms with Crippen LogP contribution in [0.25, 0.3) is 11.3 Å². The zero-order valence-corrected chi connectivity index (χ0v) is 12.2. The van der Waals surface area contributed by atoms with E-state index in [9.17, 15) is 9.59 Å². The molecular formula is C15H16N2O5. The molecule has 0 aliphatic rings. The smallest absolute Gasteiger partial charge is 0.323 e. The van der Waals surface area contributed by atoms with Crippen molar-refractivity contribution >= 4 is 17.6 Å². The largest absolute Gasteiger partial charge is 0.480 e. The fourth-order valence-electron chi connectivity index (χ4n) is 2.16. The molecule has 1 aromatic heterocycles. The van der Waals surface area contributed by atoms with Gasteiger partial charge in [0.2, 0.25) is 0 Å². The third-order valence-corrected chi connectivity index (χ3v) is 3.11. The summed E-state index contributed by atoms with van der Waals surface area (Å²) in [6, 6.07) is 7.08. The molecule has 22 heavy (non-hydrogen) atoms. The molecule has 7 nitrogen and oxygen atoms in total. The van der Waals surface area contributed by atoms with Gasteiger partial charge in [-0.1, -0.05) is 17.3 Å². The van der Waals surface area contributed by atoms with E-state index >= 15 is 0 Å². The van der Waals surface area contributed by atoms with Gasteiger partial charge in [-0.05, 0) is 25.5 Å². The van der Waals surface area contributed by atoms with Crippen LogP contribution in [-0.4, -0.2) is 40.4 Å². The summed E-state index contributed by atoms with van der Waals surface area (Å²) < 4.78 is 5.19. The number of nitrogens with zero attached hydrogens (tertiary/aromatic N) is 2. The predicted octanol–water partition coefficient (Wildman–Crippen LogP) is 1.93. The Morgan fingerprint density at radius 1 is 1.14 bits per heavy atom. The zero-order valence-electron chi connectivity index (χ0n) is 12.2. The van der Waals surface area contributed by atoms with Gasteiger partial charge in [0.1, 0.15) is 13.1 Å². The lowest BCUT2D eigenvalue weighted by Crippen LogP contribution is -2.34. The van der Waals surface area contributed by atoms with E-state index in [0.717, 1.165) is 11.3 Å². The maximum absolute atomic E-state index is 11.0. The molecule has 2 aromatic rings. The Hall–Kier alpha value is -2.83. The minimum Gasteiger partial charge on any atom is -0.480 e. The van der Waals surface area contributed by atoms with Crippen LogP contribution in [-0.2, 0) is 9.59 Å². The molecule has 0 fully saturated rings. The maximum atomic E-state index is 11.0. The van der Waals surface area contributed by atoms with E-state index in [1.165, 1.54) is 4.90 Å². The molecule has 0 unspecified atom stereocenters. The molecule has 0 amide bonds. The second kappa shape index (κ2) is 6.30. The highest BCUT2D eigenvalue weighted by atomic mass is 16.5. The lowest BCUT2D eigenvalue weighted by molar-refractivity contribution is -0.136. The number of rotatable bonds is 6. The van der Waals surface area contributed by atoms with Crippen LogP contribution < -0.4 is 4.90 Å². The SMILES string of the molecule is Cc1cc(-c2ccc(C)c(N(CC(=O)O)CC(=O)O)c2)on1. The van der Waals surface area contributed by atoms with Crippen LogP contribution in [0.1, 0.15) is 11.3 Å². The van der Waals surface area contributed by atoms with Gasteiger partial charge in [-0.3, -0.25) is 9.59 Å². The molecule has 2 rings (SSSR count). The number of hydrogen-bond acceptors (Lipinski definition) is 5. The van der Waals surface area contributed by atoms with Crippen molar-refractivity contribution in [2.75, 3.05) is 18.0 Å². The van der Waals surface area contributed by atoms with Crippen molar-refractivity contribution in [3.8, 4) is 11.3 Å². The van der Waals surface area contributed by atoms with E-state index in [1.807, 2.05) is 6.07 Å². The molecule has 116 valence electrons. The topological polar surface area (TPSA) is 104 Å². The van der Waals surface area contributed by atoms with Crippen LogP contribution in [0.4, 0.5) is 5.69 Å². The number of aryl methyl sites for hydroxylation is 2. The molecule has 0 saturated heterocycles. The quantitative estimate of drug-likeness (QED) is 0.840. The fourth-order valence-corrected chi connectivity index (χ4v) is 2.16. The molecule has 0 aliphatic carbocycles. The number of carbonyl (C=O) groups is 2. The molecular weight excluding hydrogens is 288 g/mol. The Kier molecular flexibility index (Phi) is 4.45. The minimum atomic E-state index is -1.10. The van der Waals surface area contributed by atoms with Crippen molar-refractivity contribution in [3.63, 3.8) is 0 Å². The normalized spacial score (nSPS) is 10.5. The number of benzene rings is 1. The van der Waals surface area contributed by atoms with E-state index in [-0.39, 0.29) is 0 Å². The Morgan fingerprint density at radius 2 is 1.77 bits per heavy atom. The summed E-state index contributed by atoms with van der Waals surface area (Å²) >= 11 is 0. The number of anilines is 1. The molecule has 0 bridgehead atoms. The van der Waals surface area contributed by atoms with Gasteiger partial charge in [-0.25, -0.2) is 0 Å². The van der Waals surface area contributed by atoms with E-state index in [2.05, 4.69) is 5.16 Å². The fraction of sp³-hybridized carbons (Fsp3) is 0.267. The van der Waals surface area contributed by atoms with Gasteiger partial charge < -0.3 is 19.6 Å². The van der Waals surface area contributed by atoms with Gasteiger partial charge in [0, 0.05) is 17.3 Å². The van der Waals surface area contributed by atoms with Crippen LogP contribution in [0, 0.1) is 13.8 Å². The molecule has 0 aliphatic heterocycles. The minimum absolute atomic E-state index is 0.397. The predicted molar refractivity (Wildman–Crippen MR) is 78.9 cm³/mol. The van der Waals surface area contributed by atoms with Crippen molar-refractivity contribution in [2.24, 2.45) is 0 Å². The summed E-state index contributed by atoms with van der Waals surface area (Å²) in [5, 5.41) is 21.8. The third-order valence-electron chi connectivity index (χ3n) is 3.11. The average Bonchev–Trinajstić information content (AvgIpc) is 2.84. The van der Waals surface area contributed by atoms with E-state index in [4.69, 9.17) is 14.7 Å². The molecule has 0 radical (unpaired) electrons. The second-order valence-electron chi connectivity index (χ2n) is 4.98. The summed E-state index contributed by atoms with van der Waals surface area (Å²) in [6.45, 7) is 2.79. The number of carboxylic acids is 2. The third kappa shape index (κ3) is 3.63. The van der Waals surface area contributed by atoms with E-state index < -0.39 is 25.0 Å². The lowest BCUT2D eigenvalue weighted by atomic mass is 10.1. The van der Waals surface area contributed by atoms with Crippen molar-refractivity contribution in [3.05, 3.63) is 35.5 Å². The Labute approximate surface area is 126 Å². The Balaban J connectivity index is 2.42. The van der Waals surface area contributed by atoms with Crippen molar-refractivity contribution in [1.29, 1.82) is 0 Å². The van der Waals surface area contributed by atoms with Gasteiger partial charge in [0.05, 0.1) is 5.69 Å². The van der Waals surface area contributed by atoms with E-state index in [0.29, 0.717) is 17.0 Å². The van der Waals surface area contributed by atoms with Crippen molar-refractivity contribution in [1.82, 2.24) is 5.16 Å². The molecule has 0 atom stereocenters. The number of carboxylic acid groups (broad SMARTS) is 2. The van der Waals surface area contributed by atoms with Crippen LogP contribution in [0.3, 0.4) is 0 Å². The highest BCUT2D eigenvalue weighted by Gasteiger charge is 2.17. The van der Waals surface area contributed by atoms with Crippen LogP contribution >= 0.6 is 0 Å². The van der Waals surface area contributed by atoms with Crippen LogP contribution in [0.15, 0.2) is 28.8 Å². The van der Waals surface area contributed by atoms with Crippen LogP contribution in [0.2, 0.25) is 0 Å². The first kappa shape index (κ1) is 15.6. The number of aromatic nitrogens is 1. The first-order valence-electron chi connectivity index (χ1n) is 6.59. The van der Waals surface area contributed by atoms with Crippen LogP contribution in [0.5, 0.6) is 0 Å². The van der Waals surface area contributed by atoms with Gasteiger partial charge >= 0.3 is 11.9 Å². The van der Waals surface area contributed by atoms with Gasteiger partial charge in [0.15, 0.2) is 5.76 Å². The lowest BCUT2D eigenvalue weighted by Gasteiger charge is -2.23. The summed E-state index contributed by atoms with van der Waals surface area (Å²) in [6.07, 6.45) is 0. The van der Waals surface area contributed by atoms with E-state index in [1.54, 1.807) is 32.0 Å². The summed E-state index contributed by atoms with van der Waals surface area (Å²) in [4.78, 5) is 23.2. The molecule has 0 spiro atoms. The van der Waals surface area contributed by atoms with Gasteiger partial charge in [0.25, 0.3) is 0 Å². The van der Waals surface area contributed by atoms with Crippen molar-refractivity contribution in [2.45, 2.75) is 13.8 Å². The number of hydrogen-bond donors (Lipinski definition) is 2. The average molecular weight is 304 g/mol. The molecule has 7 heteroatoms. The molecule has 1 aromatic carbocycles. The Bertz CT molecular complexity index is 692. The van der Waals surface area contributed by atoms with Gasteiger partial charge in [-0.2, -0.15) is 0 Å². The zero-order chi connectivity index (χ0) is 16.3. The highest BCUT2D eigenvalue weighted by molar-refractivity contribution is 5.81. The summed E-state index contributed by atoms with van der Waals surface area (Å²) in [7, 11) is 0. The highest BCUT2D eigenvalue weighted by Crippen LogP contribution is 2.28. The monoisotopic (exact) mass is 304 g/mol. The molecule has 0 saturated carbocycles. The summed E-state index contributed by atoms with van der Waals surface area (Å²) in [5.74, 6) is -1.65. The maximum Gasteiger partial charge on any atom is 0.323 e. The summed E-state index contributed by atoms with van der Waals surface area (Å²) in [5.41, 5.74) is 2.76. The Morgan fingerprint density at radius 3 is 2.27 bits per heavy atom. The standard InChI is InChI=1S/C15H16N2O5/c1-9-3-4-11(13-5-10(2)16-22-13)6-12(9)17(7-14(18)19)8-15(20)21/h3-6H,7-8H2,1-2H3,(H,18,19)(H,20,21). The molecule has 2 N–H and O–H groups in total. The molecule has 1 heterocycles. The number of aliphatic carboxylic acids is 2. The second-order valence-corrected chi connectivity index (χ2v) is 4.98.